The molecule has 0 amide bonds. The van der Waals surface area contributed by atoms with E-state index in [0.29, 0.717) is 12.5 Å². The summed E-state index contributed by atoms with van der Waals surface area (Å²) in [4.78, 5) is 0. The molecule has 1 aliphatic heterocycles. The first-order chi connectivity index (χ1) is 7.81. The molecule has 0 N–H and O–H groups in total. The van der Waals surface area contributed by atoms with Crippen molar-refractivity contribution in [2.75, 3.05) is 11.0 Å². The maximum absolute atomic E-state index is 5.97. The van der Waals surface area contributed by atoms with Gasteiger partial charge in [0, 0.05) is 10.3 Å². The molecule has 2 rings (SSSR count). The number of alkyl halides is 1. The lowest BCUT2D eigenvalue weighted by Gasteiger charge is -2.20. The average Bonchev–Trinajstić information content (AvgIpc) is 2.69. The molecule has 1 saturated heterocycles. The van der Waals surface area contributed by atoms with Crippen LogP contribution in [0.3, 0.4) is 0 Å². The predicted molar refractivity (Wildman–Crippen MR) is 72.8 cm³/mol. The Bertz CT molecular complexity index is 315. The van der Waals surface area contributed by atoms with Gasteiger partial charge in [-0.05, 0) is 5.56 Å². The van der Waals surface area contributed by atoms with Crippen LogP contribution in [-0.4, -0.2) is 23.2 Å². The zero-order valence-corrected chi connectivity index (χ0v) is 11.6. The molecule has 3 atom stereocenters. The first-order valence-electron chi connectivity index (χ1n) is 5.64. The predicted octanol–water partition coefficient (Wildman–Crippen LogP) is 3.04. The van der Waals surface area contributed by atoms with E-state index in [1.54, 1.807) is 0 Å². The Labute approximate surface area is 110 Å². The maximum Gasteiger partial charge on any atom is 0.0929 e. The minimum absolute atomic E-state index is 0.247. The first kappa shape index (κ1) is 12.3. The summed E-state index contributed by atoms with van der Waals surface area (Å²) in [6, 6.07) is 10.3. The molecule has 1 aromatic rings. The molecule has 16 heavy (non-hydrogen) atoms. The minimum Gasteiger partial charge on any atom is -0.374 e. The lowest BCUT2D eigenvalue weighted by Crippen LogP contribution is -2.29. The average molecular weight is 332 g/mol. The molecule has 0 spiro atoms. The van der Waals surface area contributed by atoms with Crippen LogP contribution in [0.1, 0.15) is 12.5 Å². The highest BCUT2D eigenvalue weighted by atomic mass is 127. The third kappa shape index (κ3) is 2.96. The molecular weight excluding hydrogens is 315 g/mol. The van der Waals surface area contributed by atoms with E-state index in [1.807, 2.05) is 18.2 Å². The molecule has 2 nitrogen and oxygen atoms in total. The molecule has 3 unspecified atom stereocenters. The lowest BCUT2D eigenvalue weighted by molar-refractivity contribution is -0.0150. The Hall–Kier alpha value is -0.130. The molecule has 1 fully saturated rings. The Morgan fingerprint density at radius 3 is 2.81 bits per heavy atom. The fourth-order valence-electron chi connectivity index (χ4n) is 2.00. The second-order valence-corrected chi connectivity index (χ2v) is 5.15. The van der Waals surface area contributed by atoms with E-state index >= 15 is 0 Å². The van der Waals surface area contributed by atoms with E-state index < -0.39 is 0 Å². The van der Waals surface area contributed by atoms with Crippen molar-refractivity contribution < 1.29 is 9.47 Å². The highest BCUT2D eigenvalue weighted by Crippen LogP contribution is 2.25. The minimum atomic E-state index is 0.247. The summed E-state index contributed by atoms with van der Waals surface area (Å²) in [6.07, 6.45) is 0.511. The van der Waals surface area contributed by atoms with Crippen LogP contribution in [0.15, 0.2) is 30.3 Å². The van der Waals surface area contributed by atoms with Gasteiger partial charge in [0.1, 0.15) is 0 Å². The van der Waals surface area contributed by atoms with Crippen LogP contribution in [0.4, 0.5) is 0 Å². The molecule has 1 heterocycles. The number of rotatable bonds is 4. The largest absolute Gasteiger partial charge is 0.374 e. The second-order valence-electron chi connectivity index (χ2n) is 4.26. The van der Waals surface area contributed by atoms with Gasteiger partial charge in [0.05, 0.1) is 25.4 Å². The van der Waals surface area contributed by atoms with Crippen molar-refractivity contribution in [3.63, 3.8) is 0 Å². The monoisotopic (exact) mass is 332 g/mol. The summed E-state index contributed by atoms with van der Waals surface area (Å²) in [5.74, 6) is 0.503. The van der Waals surface area contributed by atoms with Crippen molar-refractivity contribution in [1.82, 2.24) is 0 Å². The van der Waals surface area contributed by atoms with E-state index in [0.717, 1.165) is 11.0 Å². The third-order valence-corrected chi connectivity index (χ3v) is 3.81. The summed E-state index contributed by atoms with van der Waals surface area (Å²) >= 11 is 2.36. The van der Waals surface area contributed by atoms with Crippen molar-refractivity contribution in [2.24, 2.45) is 5.92 Å². The van der Waals surface area contributed by atoms with Crippen molar-refractivity contribution >= 4 is 22.6 Å². The van der Waals surface area contributed by atoms with Gasteiger partial charge in [-0.25, -0.2) is 0 Å². The fraction of sp³-hybridized carbons (Fsp3) is 0.538. The zero-order valence-electron chi connectivity index (χ0n) is 9.43. The van der Waals surface area contributed by atoms with E-state index in [-0.39, 0.29) is 12.2 Å². The van der Waals surface area contributed by atoms with E-state index in [4.69, 9.17) is 9.47 Å². The van der Waals surface area contributed by atoms with Crippen molar-refractivity contribution in [1.29, 1.82) is 0 Å². The van der Waals surface area contributed by atoms with Gasteiger partial charge in [0.25, 0.3) is 0 Å². The Morgan fingerprint density at radius 2 is 2.12 bits per heavy atom. The Balaban J connectivity index is 1.89. The van der Waals surface area contributed by atoms with Gasteiger partial charge < -0.3 is 9.47 Å². The van der Waals surface area contributed by atoms with Gasteiger partial charge in [-0.1, -0.05) is 59.8 Å². The first-order valence-corrected chi connectivity index (χ1v) is 7.17. The number of ether oxygens (including phenoxy) is 2. The van der Waals surface area contributed by atoms with Crippen LogP contribution < -0.4 is 0 Å². The highest BCUT2D eigenvalue weighted by molar-refractivity contribution is 14.1. The topological polar surface area (TPSA) is 18.5 Å². The second kappa shape index (κ2) is 5.98. The van der Waals surface area contributed by atoms with E-state index in [2.05, 4.69) is 41.6 Å². The normalized spacial score (nSPS) is 29.5. The van der Waals surface area contributed by atoms with Gasteiger partial charge in [-0.2, -0.15) is 0 Å². The molecule has 88 valence electrons. The highest BCUT2D eigenvalue weighted by Gasteiger charge is 2.34. The Morgan fingerprint density at radius 1 is 1.38 bits per heavy atom. The summed E-state index contributed by atoms with van der Waals surface area (Å²) in [6.45, 7) is 3.71. The summed E-state index contributed by atoms with van der Waals surface area (Å²) < 4.78 is 12.7. The lowest BCUT2D eigenvalue weighted by atomic mass is 10.1. The summed E-state index contributed by atoms with van der Waals surface area (Å²) in [5, 5.41) is 0. The third-order valence-electron chi connectivity index (χ3n) is 2.94. The molecule has 1 aliphatic rings. The summed E-state index contributed by atoms with van der Waals surface area (Å²) in [7, 11) is 0. The van der Waals surface area contributed by atoms with Gasteiger partial charge >= 0.3 is 0 Å². The Kier molecular flexibility index (Phi) is 4.61. The number of benzene rings is 1. The standard InChI is InChI=1S/C13H17IO2/c1-10-8-15-12(7-14)13(10)16-9-11-5-3-2-4-6-11/h2-6,10,12-13H,7-9H2,1H3. The van der Waals surface area contributed by atoms with Crippen molar-refractivity contribution in [2.45, 2.75) is 25.7 Å². The SMILES string of the molecule is CC1COC(CI)C1OCc1ccccc1. The quantitative estimate of drug-likeness (QED) is 0.623. The summed E-state index contributed by atoms with van der Waals surface area (Å²) in [5.41, 5.74) is 1.23. The molecule has 1 aromatic carbocycles. The van der Waals surface area contributed by atoms with Gasteiger partial charge in [0.2, 0.25) is 0 Å². The molecule has 0 aliphatic carbocycles. The van der Waals surface area contributed by atoms with Crippen LogP contribution in [0.5, 0.6) is 0 Å². The van der Waals surface area contributed by atoms with Crippen molar-refractivity contribution in [3.05, 3.63) is 35.9 Å². The van der Waals surface area contributed by atoms with Gasteiger partial charge in [0.15, 0.2) is 0 Å². The molecule has 0 aromatic heterocycles. The number of hydrogen-bond acceptors (Lipinski definition) is 2. The maximum atomic E-state index is 5.97. The fourth-order valence-corrected chi connectivity index (χ4v) is 2.76. The van der Waals surface area contributed by atoms with E-state index in [9.17, 15) is 0 Å². The van der Waals surface area contributed by atoms with Crippen molar-refractivity contribution in [3.8, 4) is 0 Å². The number of halogens is 1. The molecule has 0 saturated carbocycles. The van der Waals surface area contributed by atoms with E-state index in [1.165, 1.54) is 5.56 Å². The number of hydrogen-bond donors (Lipinski definition) is 0. The molecule has 0 radical (unpaired) electrons. The van der Waals surface area contributed by atoms with Gasteiger partial charge in [-0.15, -0.1) is 0 Å². The van der Waals surface area contributed by atoms with Gasteiger partial charge in [-0.3, -0.25) is 0 Å². The van der Waals surface area contributed by atoms with Crippen LogP contribution in [0.25, 0.3) is 0 Å². The van der Waals surface area contributed by atoms with Crippen LogP contribution in [0, 0.1) is 5.92 Å². The van der Waals surface area contributed by atoms with Crippen LogP contribution in [0.2, 0.25) is 0 Å². The molecule has 3 heteroatoms. The molecule has 0 bridgehead atoms. The zero-order chi connectivity index (χ0) is 11.4. The van der Waals surface area contributed by atoms with Crippen LogP contribution in [-0.2, 0) is 16.1 Å². The molecular formula is C13H17IO2. The van der Waals surface area contributed by atoms with Crippen LogP contribution >= 0.6 is 22.6 Å². The smallest absolute Gasteiger partial charge is 0.0929 e.